The maximum Gasteiger partial charge on any atom is 0.391 e. The highest BCUT2D eigenvalue weighted by atomic mass is 35.5. The molecule has 0 bridgehead atoms. The van der Waals surface area contributed by atoms with Gasteiger partial charge in [-0.1, -0.05) is 11.6 Å². The van der Waals surface area contributed by atoms with Crippen molar-refractivity contribution >= 4 is 17.4 Å². The number of anilines is 1. The van der Waals surface area contributed by atoms with Gasteiger partial charge in [0.15, 0.2) is 0 Å². The molecular formula is C10H12ClF3N2O. The second-order valence-corrected chi connectivity index (χ2v) is 3.70. The van der Waals surface area contributed by atoms with Crippen molar-refractivity contribution in [2.24, 2.45) is 0 Å². The highest BCUT2D eigenvalue weighted by Crippen LogP contribution is 2.20. The van der Waals surface area contributed by atoms with Crippen molar-refractivity contribution in [1.29, 1.82) is 0 Å². The van der Waals surface area contributed by atoms with E-state index in [1.165, 1.54) is 0 Å². The third-order valence-electron chi connectivity index (χ3n) is 1.94. The van der Waals surface area contributed by atoms with Crippen molar-refractivity contribution in [3.05, 3.63) is 22.8 Å². The molecule has 1 rings (SSSR count). The summed E-state index contributed by atoms with van der Waals surface area (Å²) in [5, 5.41) is 3.18. The smallest absolute Gasteiger partial charge is 0.375 e. The Balaban J connectivity index is 2.46. The third-order valence-corrected chi connectivity index (χ3v) is 2.29. The molecule has 1 heterocycles. The number of nitrogens with zero attached hydrogens (tertiary/aromatic N) is 1. The maximum absolute atomic E-state index is 11.8. The van der Waals surface area contributed by atoms with Crippen molar-refractivity contribution in [2.75, 3.05) is 19.0 Å². The Morgan fingerprint density at radius 2 is 2.12 bits per heavy atom. The summed E-state index contributed by atoms with van der Waals surface area (Å²) in [6, 6.07) is 3.28. The lowest BCUT2D eigenvalue weighted by molar-refractivity contribution is -0.146. The molecule has 1 aromatic heterocycles. The van der Waals surface area contributed by atoms with Crippen LogP contribution in [0.25, 0.3) is 0 Å². The van der Waals surface area contributed by atoms with Crippen LogP contribution >= 0.6 is 11.6 Å². The highest BCUT2D eigenvalue weighted by Gasteiger charge is 2.26. The van der Waals surface area contributed by atoms with Crippen LogP contribution in [-0.4, -0.2) is 24.8 Å². The van der Waals surface area contributed by atoms with Gasteiger partial charge in [0.25, 0.3) is 0 Å². The first-order chi connectivity index (χ1) is 7.92. The SMILES string of the molecule is CNc1ccc(Cl)c(COCCC(F)(F)F)n1. The molecule has 0 aromatic carbocycles. The molecule has 0 atom stereocenters. The molecular weight excluding hydrogens is 257 g/mol. The minimum absolute atomic E-state index is 0.0373. The third kappa shape index (κ3) is 5.23. The number of halogens is 4. The van der Waals surface area contributed by atoms with Gasteiger partial charge >= 0.3 is 6.18 Å². The van der Waals surface area contributed by atoms with Gasteiger partial charge in [0.05, 0.1) is 30.4 Å². The van der Waals surface area contributed by atoms with E-state index in [0.29, 0.717) is 16.5 Å². The molecule has 0 amide bonds. The van der Waals surface area contributed by atoms with E-state index in [9.17, 15) is 13.2 Å². The number of hydrogen-bond acceptors (Lipinski definition) is 3. The van der Waals surface area contributed by atoms with Crippen LogP contribution in [0.1, 0.15) is 12.1 Å². The van der Waals surface area contributed by atoms with E-state index in [1.54, 1.807) is 19.2 Å². The standard InChI is InChI=1S/C10H12ClF3N2O/c1-15-9-3-2-7(11)8(16-9)6-17-5-4-10(12,13)14/h2-3H,4-6H2,1H3,(H,15,16). The molecule has 0 unspecified atom stereocenters. The molecule has 1 N–H and O–H groups in total. The molecule has 0 saturated carbocycles. The van der Waals surface area contributed by atoms with Crippen LogP contribution in [-0.2, 0) is 11.3 Å². The van der Waals surface area contributed by atoms with E-state index in [2.05, 4.69) is 10.3 Å². The number of ether oxygens (including phenoxy) is 1. The maximum atomic E-state index is 11.8. The second kappa shape index (κ2) is 6.07. The molecule has 1 aromatic rings. The summed E-state index contributed by atoms with van der Waals surface area (Å²) in [6.07, 6.45) is -5.18. The van der Waals surface area contributed by atoms with E-state index in [-0.39, 0.29) is 6.61 Å². The minimum atomic E-state index is -4.20. The van der Waals surface area contributed by atoms with Gasteiger partial charge in [-0.3, -0.25) is 0 Å². The predicted octanol–water partition coefficient (Wildman–Crippen LogP) is 3.25. The van der Waals surface area contributed by atoms with Crippen LogP contribution in [0.4, 0.5) is 19.0 Å². The number of alkyl halides is 3. The first-order valence-corrected chi connectivity index (χ1v) is 5.28. The van der Waals surface area contributed by atoms with E-state index in [1.807, 2.05) is 0 Å². The Labute approximate surface area is 102 Å². The Hall–Kier alpha value is -1.01. The summed E-state index contributed by atoms with van der Waals surface area (Å²) in [4.78, 5) is 4.08. The lowest BCUT2D eigenvalue weighted by atomic mass is 10.3. The lowest BCUT2D eigenvalue weighted by Gasteiger charge is -2.09. The van der Waals surface area contributed by atoms with Gasteiger partial charge < -0.3 is 10.1 Å². The van der Waals surface area contributed by atoms with Crippen LogP contribution in [0, 0.1) is 0 Å². The normalized spacial score (nSPS) is 11.6. The van der Waals surface area contributed by atoms with Crippen LogP contribution in [0.3, 0.4) is 0 Å². The molecule has 3 nitrogen and oxygen atoms in total. The molecule has 0 spiro atoms. The summed E-state index contributed by atoms with van der Waals surface area (Å²) < 4.78 is 40.4. The van der Waals surface area contributed by atoms with Crippen molar-refractivity contribution in [2.45, 2.75) is 19.2 Å². The van der Waals surface area contributed by atoms with Crippen molar-refractivity contribution in [3.63, 3.8) is 0 Å². The topological polar surface area (TPSA) is 34.1 Å². The molecule has 0 saturated heterocycles. The van der Waals surface area contributed by atoms with Gasteiger partial charge in [-0.2, -0.15) is 13.2 Å². The average Bonchev–Trinajstić information content (AvgIpc) is 2.25. The van der Waals surface area contributed by atoms with Crippen molar-refractivity contribution in [3.8, 4) is 0 Å². The Morgan fingerprint density at radius 1 is 1.41 bits per heavy atom. The van der Waals surface area contributed by atoms with E-state index < -0.39 is 19.2 Å². The number of pyridine rings is 1. The average molecular weight is 269 g/mol. The van der Waals surface area contributed by atoms with Gasteiger partial charge in [0.1, 0.15) is 5.82 Å². The molecule has 17 heavy (non-hydrogen) atoms. The van der Waals surface area contributed by atoms with E-state index in [0.717, 1.165) is 0 Å². The molecule has 0 fully saturated rings. The number of aromatic nitrogens is 1. The fourth-order valence-corrected chi connectivity index (χ4v) is 1.24. The monoisotopic (exact) mass is 268 g/mol. The van der Waals surface area contributed by atoms with Crippen LogP contribution in [0.15, 0.2) is 12.1 Å². The second-order valence-electron chi connectivity index (χ2n) is 3.29. The summed E-state index contributed by atoms with van der Waals surface area (Å²) in [5.41, 5.74) is 0.417. The Kier molecular flexibility index (Phi) is 5.02. The van der Waals surface area contributed by atoms with Crippen LogP contribution < -0.4 is 5.32 Å². The fraction of sp³-hybridized carbons (Fsp3) is 0.500. The van der Waals surface area contributed by atoms with E-state index in [4.69, 9.17) is 16.3 Å². The summed E-state index contributed by atoms with van der Waals surface area (Å²) >= 11 is 5.83. The Morgan fingerprint density at radius 3 is 2.71 bits per heavy atom. The van der Waals surface area contributed by atoms with Crippen LogP contribution in [0.2, 0.25) is 5.02 Å². The predicted molar refractivity (Wildman–Crippen MR) is 59.1 cm³/mol. The molecule has 0 aliphatic carbocycles. The van der Waals surface area contributed by atoms with Crippen molar-refractivity contribution in [1.82, 2.24) is 4.98 Å². The van der Waals surface area contributed by atoms with Gasteiger partial charge in [0, 0.05) is 7.05 Å². The number of hydrogen-bond donors (Lipinski definition) is 1. The first kappa shape index (κ1) is 14.1. The largest absolute Gasteiger partial charge is 0.391 e. The highest BCUT2D eigenvalue weighted by molar-refractivity contribution is 6.31. The zero-order valence-electron chi connectivity index (χ0n) is 9.14. The summed E-state index contributed by atoms with van der Waals surface area (Å²) in [7, 11) is 1.69. The molecule has 0 radical (unpaired) electrons. The number of nitrogens with one attached hydrogen (secondary N) is 1. The molecule has 0 aliphatic heterocycles. The summed E-state index contributed by atoms with van der Waals surface area (Å²) in [6.45, 7) is -0.435. The van der Waals surface area contributed by atoms with Gasteiger partial charge in [-0.25, -0.2) is 4.98 Å². The quantitative estimate of drug-likeness (QED) is 0.833. The van der Waals surface area contributed by atoms with Gasteiger partial charge in [-0.05, 0) is 12.1 Å². The summed E-state index contributed by atoms with van der Waals surface area (Å²) in [5.74, 6) is 0.587. The number of rotatable bonds is 5. The lowest BCUT2D eigenvalue weighted by Crippen LogP contribution is -2.12. The minimum Gasteiger partial charge on any atom is -0.375 e. The zero-order chi connectivity index (χ0) is 12.9. The zero-order valence-corrected chi connectivity index (χ0v) is 9.90. The van der Waals surface area contributed by atoms with Gasteiger partial charge in [-0.15, -0.1) is 0 Å². The van der Waals surface area contributed by atoms with Crippen LogP contribution in [0.5, 0.6) is 0 Å². The fourth-order valence-electron chi connectivity index (χ4n) is 1.08. The first-order valence-electron chi connectivity index (χ1n) is 4.90. The molecule has 0 aliphatic rings. The molecule has 96 valence electrons. The van der Waals surface area contributed by atoms with Gasteiger partial charge in [0.2, 0.25) is 0 Å². The van der Waals surface area contributed by atoms with E-state index >= 15 is 0 Å². The Bertz CT molecular complexity index is 371. The molecule has 7 heteroatoms. The van der Waals surface area contributed by atoms with Crippen molar-refractivity contribution < 1.29 is 17.9 Å².